The van der Waals surface area contributed by atoms with Crippen LogP contribution in [0.25, 0.3) is 0 Å². The smallest absolute Gasteiger partial charge is 0.475 e. The minimum Gasteiger partial charge on any atom is -0.475 e. The van der Waals surface area contributed by atoms with Crippen LogP contribution in [0, 0.1) is 0 Å². The number of esters is 1. The number of aliphatic carboxylic acids is 1. The van der Waals surface area contributed by atoms with Gasteiger partial charge in [-0.2, -0.15) is 13.2 Å². The monoisotopic (exact) mass is 825 g/mol. The second-order valence-corrected chi connectivity index (χ2v) is 14.7. The number of halogens is 4. The van der Waals surface area contributed by atoms with E-state index in [4.69, 9.17) is 31.8 Å². The number of nitrogens with zero attached hydrogens (tertiary/aromatic N) is 1. The number of alkyl halides is 4. The minimum absolute atomic E-state index is 0.0766. The Bertz CT molecular complexity index is 1650. The van der Waals surface area contributed by atoms with Gasteiger partial charge in [-0.25, -0.2) is 9.18 Å². The number of nitrogens with one attached hydrogen (secondary N) is 3. The first-order valence-electron chi connectivity index (χ1n) is 18.7. The van der Waals surface area contributed by atoms with E-state index in [9.17, 15) is 37.1 Å². The quantitative estimate of drug-likeness (QED) is 0.0647. The summed E-state index contributed by atoms with van der Waals surface area (Å²) in [6, 6.07) is 13.7. The minimum atomic E-state index is -5.08. The molecule has 0 bridgehead atoms. The number of unbranched alkanes of at least 4 members (excludes halogenated alkanes) is 1. The molecule has 15 nitrogen and oxygen atoms in total. The van der Waals surface area contributed by atoms with Gasteiger partial charge in [0.15, 0.2) is 0 Å². The van der Waals surface area contributed by atoms with Crippen molar-refractivity contribution in [2.45, 2.75) is 107 Å². The van der Waals surface area contributed by atoms with E-state index < -0.39 is 83.5 Å². The molecule has 0 saturated carbocycles. The summed E-state index contributed by atoms with van der Waals surface area (Å²) in [5.41, 5.74) is 16.6. The van der Waals surface area contributed by atoms with Crippen LogP contribution >= 0.6 is 0 Å². The highest BCUT2D eigenvalue weighted by Gasteiger charge is 2.42. The second kappa shape index (κ2) is 22.7. The van der Waals surface area contributed by atoms with Crippen molar-refractivity contribution in [3.8, 4) is 0 Å². The van der Waals surface area contributed by atoms with Crippen molar-refractivity contribution in [1.82, 2.24) is 20.9 Å². The number of likely N-dealkylation sites (tertiary alicyclic amines) is 1. The fourth-order valence-electron chi connectivity index (χ4n) is 6.04. The van der Waals surface area contributed by atoms with E-state index >= 15 is 4.39 Å². The Hall–Kier alpha value is -5.14. The van der Waals surface area contributed by atoms with Crippen LogP contribution in [-0.4, -0.2) is 114 Å². The average molecular weight is 826 g/mol. The third-order valence-electron chi connectivity index (χ3n) is 9.24. The normalized spacial score (nSPS) is 15.9. The molecule has 58 heavy (non-hydrogen) atoms. The first kappa shape index (κ1) is 49.0. The zero-order chi connectivity index (χ0) is 43.7. The predicted octanol–water partition coefficient (Wildman–Crippen LogP) is 1.65. The van der Waals surface area contributed by atoms with Crippen LogP contribution in [0.15, 0.2) is 60.7 Å². The van der Waals surface area contributed by atoms with Crippen LogP contribution in [0.5, 0.6) is 0 Å². The Morgan fingerprint density at radius 3 is 1.72 bits per heavy atom. The number of ether oxygens (including phenoxy) is 1. The molecular weight excluding hydrogens is 770 g/mol. The number of benzene rings is 2. The van der Waals surface area contributed by atoms with E-state index in [-0.39, 0.29) is 45.2 Å². The first-order chi connectivity index (χ1) is 27.1. The van der Waals surface area contributed by atoms with E-state index in [0.717, 1.165) is 11.1 Å². The summed E-state index contributed by atoms with van der Waals surface area (Å²) >= 11 is 0. The van der Waals surface area contributed by atoms with Gasteiger partial charge in [0, 0.05) is 25.9 Å². The summed E-state index contributed by atoms with van der Waals surface area (Å²) < 4.78 is 51.7. The lowest BCUT2D eigenvalue weighted by atomic mass is 9.88. The molecule has 1 saturated heterocycles. The van der Waals surface area contributed by atoms with Crippen LogP contribution in [0.4, 0.5) is 17.6 Å². The van der Waals surface area contributed by atoms with Gasteiger partial charge in [0.25, 0.3) is 0 Å². The lowest BCUT2D eigenvalue weighted by Crippen LogP contribution is -2.61. The summed E-state index contributed by atoms with van der Waals surface area (Å²) in [5.74, 6) is -5.75. The number of hydrogen-bond donors (Lipinski definition) is 7. The molecule has 3 rings (SSSR count). The largest absolute Gasteiger partial charge is 0.490 e. The van der Waals surface area contributed by atoms with E-state index in [1.54, 1.807) is 24.3 Å². The third kappa shape index (κ3) is 16.8. The first-order valence-corrected chi connectivity index (χ1v) is 18.7. The van der Waals surface area contributed by atoms with Crippen molar-refractivity contribution in [2.75, 3.05) is 26.7 Å². The molecule has 1 heterocycles. The van der Waals surface area contributed by atoms with Gasteiger partial charge >= 0.3 is 18.1 Å². The maximum absolute atomic E-state index is 15.2. The second-order valence-electron chi connectivity index (χ2n) is 14.7. The summed E-state index contributed by atoms with van der Waals surface area (Å²) in [6.45, 7) is 3.27. The SMILES string of the molecule is COC(=O)C1(N)CCN(C(=O)[C@@H](CCCCN)NC(=O)C(CC(C)(C)F)NC(=O)[C@@H](Cc2ccccc2)NC(=O)[C@H](N)Cc2ccccc2)CC1.O=C(O)C(F)(F)F. The van der Waals surface area contributed by atoms with E-state index in [1.165, 1.54) is 25.9 Å². The highest BCUT2D eigenvalue weighted by molar-refractivity contribution is 5.95. The molecule has 1 aliphatic heterocycles. The Balaban J connectivity index is 0.00000151. The van der Waals surface area contributed by atoms with Crippen LogP contribution in [0.1, 0.15) is 63.5 Å². The van der Waals surface area contributed by atoms with E-state index in [1.807, 2.05) is 36.4 Å². The zero-order valence-electron chi connectivity index (χ0n) is 32.9. The highest BCUT2D eigenvalue weighted by atomic mass is 19.4. The van der Waals surface area contributed by atoms with E-state index in [2.05, 4.69) is 16.0 Å². The molecule has 1 unspecified atom stereocenters. The van der Waals surface area contributed by atoms with Crippen LogP contribution < -0.4 is 33.2 Å². The van der Waals surface area contributed by atoms with Gasteiger partial charge in [0.05, 0.1) is 13.2 Å². The Morgan fingerprint density at radius 2 is 1.26 bits per heavy atom. The third-order valence-corrected chi connectivity index (χ3v) is 9.24. The molecule has 2 aromatic rings. The van der Waals surface area contributed by atoms with Gasteiger partial charge < -0.3 is 47.9 Å². The van der Waals surface area contributed by atoms with Gasteiger partial charge in [-0.05, 0) is 70.0 Å². The molecule has 4 amide bonds. The summed E-state index contributed by atoms with van der Waals surface area (Å²) in [6.07, 6.45) is -3.48. The number of hydrogen-bond acceptors (Lipinski definition) is 10. The van der Waals surface area contributed by atoms with Crippen LogP contribution in [0.3, 0.4) is 0 Å². The molecular formula is C39H55F4N7O8. The molecule has 0 aliphatic carbocycles. The molecule has 1 fully saturated rings. The van der Waals surface area contributed by atoms with Gasteiger partial charge in [-0.3, -0.25) is 24.0 Å². The van der Waals surface area contributed by atoms with Crippen molar-refractivity contribution in [3.63, 3.8) is 0 Å². The van der Waals surface area contributed by atoms with Gasteiger partial charge in [-0.1, -0.05) is 60.7 Å². The van der Waals surface area contributed by atoms with Crippen molar-refractivity contribution in [2.24, 2.45) is 17.2 Å². The maximum Gasteiger partial charge on any atom is 0.490 e. The fraction of sp³-hybridized carbons (Fsp3) is 0.538. The summed E-state index contributed by atoms with van der Waals surface area (Å²) in [7, 11) is 1.25. The number of rotatable bonds is 18. The molecule has 1 aliphatic rings. The van der Waals surface area contributed by atoms with Crippen LogP contribution in [0.2, 0.25) is 0 Å². The highest BCUT2D eigenvalue weighted by Crippen LogP contribution is 2.23. The molecule has 322 valence electrons. The number of nitrogens with two attached hydrogens (primary N) is 3. The van der Waals surface area contributed by atoms with Crippen molar-refractivity contribution in [3.05, 3.63) is 71.8 Å². The number of carboxylic acid groups (broad SMARTS) is 1. The summed E-state index contributed by atoms with van der Waals surface area (Å²) in [4.78, 5) is 77.3. The number of piperidine rings is 1. The summed E-state index contributed by atoms with van der Waals surface area (Å²) in [5, 5.41) is 15.3. The molecule has 0 spiro atoms. The van der Waals surface area contributed by atoms with Crippen molar-refractivity contribution in [1.29, 1.82) is 0 Å². The molecule has 19 heteroatoms. The van der Waals surface area contributed by atoms with Gasteiger partial charge in [0.2, 0.25) is 23.6 Å². The standard InChI is InChI=1S/C37H54FN7O6.C2HF3O2/c1-36(2,38)24-30(33(48)42-28(16-10-11-19-39)34(49)45-20-17-37(41,18-21-45)35(50)51-3)44-32(47)29(23-26-14-8-5-9-15-26)43-31(46)27(40)22-25-12-6-4-7-13-25;3-2(4,5)1(6)7/h4-9,12-15,27-30H,10-11,16-24,39-41H2,1-3H3,(H,42,48)(H,43,46)(H,44,47);(H,6,7)/t27-,28-,29-,30?;/m1./s1. The molecule has 0 radical (unpaired) electrons. The molecule has 0 aromatic heterocycles. The average Bonchev–Trinajstić information content (AvgIpc) is 3.16. The number of amides is 4. The topological polar surface area (TPSA) is 249 Å². The van der Waals surface area contributed by atoms with Gasteiger partial charge in [-0.15, -0.1) is 0 Å². The molecule has 2 aromatic carbocycles. The predicted molar refractivity (Wildman–Crippen MR) is 205 cm³/mol. The fourth-order valence-corrected chi connectivity index (χ4v) is 6.04. The van der Waals surface area contributed by atoms with E-state index in [0.29, 0.717) is 19.4 Å². The van der Waals surface area contributed by atoms with Crippen molar-refractivity contribution < 1.29 is 56.2 Å². The van der Waals surface area contributed by atoms with Gasteiger partial charge in [0.1, 0.15) is 29.3 Å². The number of carboxylic acids is 1. The number of methoxy groups -OCH3 is 1. The number of carbonyl (C=O) groups excluding carboxylic acids is 5. The lowest BCUT2D eigenvalue weighted by Gasteiger charge is -2.38. The van der Waals surface area contributed by atoms with Crippen LogP contribution in [-0.2, 0) is 46.3 Å². The Kier molecular flexibility index (Phi) is 19.2. The van der Waals surface area contributed by atoms with Crippen molar-refractivity contribution >= 4 is 35.6 Å². The Labute approximate surface area is 334 Å². The lowest BCUT2D eigenvalue weighted by molar-refractivity contribution is -0.192. The Morgan fingerprint density at radius 1 is 0.793 bits per heavy atom. The maximum atomic E-state index is 15.2. The molecule has 10 N–H and O–H groups in total. The molecule has 4 atom stereocenters. The zero-order valence-corrected chi connectivity index (χ0v) is 32.9. The number of carbonyl (C=O) groups is 6.